The van der Waals surface area contributed by atoms with Gasteiger partial charge in [-0.05, 0) is 49.4 Å². The number of fused-ring (bicyclic) bond motifs is 1. The van der Waals surface area contributed by atoms with Crippen molar-refractivity contribution in [2.75, 3.05) is 5.32 Å². The molecule has 2 atom stereocenters. The van der Waals surface area contributed by atoms with Gasteiger partial charge in [0.2, 0.25) is 0 Å². The number of furan rings is 1. The molecule has 1 saturated carbocycles. The molecule has 1 amide bonds. The van der Waals surface area contributed by atoms with Crippen molar-refractivity contribution in [2.45, 2.75) is 44.8 Å². The summed E-state index contributed by atoms with van der Waals surface area (Å²) in [5.74, 6) is 1.54. The normalized spacial score (nSPS) is 26.9. The largest absolute Gasteiger partial charge is 0.467 e. The summed E-state index contributed by atoms with van der Waals surface area (Å²) in [7, 11) is 0. The maximum absolute atomic E-state index is 13.2. The number of nitrogens with zero attached hydrogens (tertiary/aromatic N) is 1. The van der Waals surface area contributed by atoms with Crippen molar-refractivity contribution in [2.24, 2.45) is 5.92 Å². The fourth-order valence-corrected chi connectivity index (χ4v) is 4.10. The lowest BCUT2D eigenvalue weighted by Gasteiger charge is -2.51. The standard InChI is InChI=1S/C19H22N2O2/c1-14-6-4-10-19(12-14)20-17-9-3-2-8-16(17)18(22)21(19)13-15-7-5-11-23-15/h2-3,5,7-9,11,14,20H,4,6,10,12-13H2,1H3. The molecule has 23 heavy (non-hydrogen) atoms. The second kappa shape index (κ2) is 5.44. The number of hydrogen-bond acceptors (Lipinski definition) is 3. The Bertz CT molecular complexity index is 710. The molecular weight excluding hydrogens is 288 g/mol. The van der Waals surface area contributed by atoms with Gasteiger partial charge in [-0.25, -0.2) is 0 Å². The van der Waals surface area contributed by atoms with Crippen LogP contribution in [0.15, 0.2) is 47.1 Å². The first-order valence-electron chi connectivity index (χ1n) is 8.39. The van der Waals surface area contributed by atoms with E-state index in [9.17, 15) is 4.79 Å². The molecule has 2 unspecified atom stereocenters. The highest BCUT2D eigenvalue weighted by Gasteiger charge is 2.46. The van der Waals surface area contributed by atoms with Gasteiger partial charge in [0.05, 0.1) is 18.4 Å². The van der Waals surface area contributed by atoms with E-state index in [0.717, 1.165) is 36.3 Å². The number of anilines is 1. The quantitative estimate of drug-likeness (QED) is 0.901. The monoisotopic (exact) mass is 310 g/mol. The molecule has 2 aromatic rings. The molecule has 1 fully saturated rings. The van der Waals surface area contributed by atoms with E-state index in [4.69, 9.17) is 4.42 Å². The fraction of sp³-hybridized carbons (Fsp3) is 0.421. The Kier molecular flexibility index (Phi) is 3.40. The average Bonchev–Trinajstić information content (AvgIpc) is 3.05. The van der Waals surface area contributed by atoms with E-state index >= 15 is 0 Å². The van der Waals surface area contributed by atoms with Crippen molar-refractivity contribution in [1.29, 1.82) is 0 Å². The van der Waals surface area contributed by atoms with Gasteiger partial charge in [-0.15, -0.1) is 0 Å². The molecule has 1 spiro atoms. The Balaban J connectivity index is 1.76. The number of nitrogens with one attached hydrogen (secondary N) is 1. The van der Waals surface area contributed by atoms with Crippen molar-refractivity contribution in [3.05, 3.63) is 54.0 Å². The summed E-state index contributed by atoms with van der Waals surface area (Å²) in [5.41, 5.74) is 1.42. The second-order valence-corrected chi connectivity index (χ2v) is 6.87. The Morgan fingerprint density at radius 1 is 1.30 bits per heavy atom. The molecule has 1 aromatic carbocycles. The van der Waals surface area contributed by atoms with E-state index in [-0.39, 0.29) is 11.6 Å². The average molecular weight is 310 g/mol. The van der Waals surface area contributed by atoms with Crippen molar-refractivity contribution >= 4 is 11.6 Å². The topological polar surface area (TPSA) is 45.5 Å². The number of para-hydroxylation sites is 1. The maximum Gasteiger partial charge on any atom is 0.258 e. The Morgan fingerprint density at radius 3 is 2.96 bits per heavy atom. The molecule has 1 aliphatic carbocycles. The van der Waals surface area contributed by atoms with Crippen LogP contribution in [0, 0.1) is 5.92 Å². The summed E-state index contributed by atoms with van der Waals surface area (Å²) in [4.78, 5) is 15.2. The second-order valence-electron chi connectivity index (χ2n) is 6.87. The van der Waals surface area contributed by atoms with E-state index in [1.54, 1.807) is 6.26 Å². The molecule has 0 saturated heterocycles. The summed E-state index contributed by atoms with van der Waals surface area (Å²) < 4.78 is 5.51. The lowest BCUT2D eigenvalue weighted by Crippen LogP contribution is -2.61. The number of carbonyl (C=O) groups is 1. The van der Waals surface area contributed by atoms with Crippen LogP contribution in [0.2, 0.25) is 0 Å². The molecule has 1 aromatic heterocycles. The van der Waals surface area contributed by atoms with E-state index in [1.165, 1.54) is 6.42 Å². The summed E-state index contributed by atoms with van der Waals surface area (Å²) in [6, 6.07) is 11.6. The summed E-state index contributed by atoms with van der Waals surface area (Å²) >= 11 is 0. The zero-order valence-corrected chi connectivity index (χ0v) is 13.4. The number of benzene rings is 1. The van der Waals surface area contributed by atoms with Gasteiger partial charge < -0.3 is 14.6 Å². The van der Waals surface area contributed by atoms with Gasteiger partial charge in [0.15, 0.2) is 0 Å². The molecule has 2 heterocycles. The van der Waals surface area contributed by atoms with Crippen molar-refractivity contribution in [3.8, 4) is 0 Å². The van der Waals surface area contributed by atoms with Crippen LogP contribution in [0.25, 0.3) is 0 Å². The molecule has 2 aliphatic rings. The van der Waals surface area contributed by atoms with Crippen LogP contribution >= 0.6 is 0 Å². The SMILES string of the molecule is CC1CCCC2(C1)Nc1ccccc1C(=O)N2Cc1ccco1. The Hall–Kier alpha value is -2.23. The summed E-state index contributed by atoms with van der Waals surface area (Å²) in [6.45, 7) is 2.79. The molecule has 4 heteroatoms. The first-order valence-corrected chi connectivity index (χ1v) is 8.39. The first-order chi connectivity index (χ1) is 11.2. The van der Waals surface area contributed by atoms with Gasteiger partial charge >= 0.3 is 0 Å². The van der Waals surface area contributed by atoms with E-state index < -0.39 is 0 Å². The van der Waals surface area contributed by atoms with Crippen LogP contribution in [0.3, 0.4) is 0 Å². The van der Waals surface area contributed by atoms with Crippen LogP contribution in [0.4, 0.5) is 5.69 Å². The minimum atomic E-state index is -0.296. The zero-order chi connectivity index (χ0) is 15.9. The van der Waals surface area contributed by atoms with E-state index in [1.807, 2.05) is 41.3 Å². The molecular formula is C19H22N2O2. The molecule has 120 valence electrons. The highest BCUT2D eigenvalue weighted by Crippen LogP contribution is 2.42. The van der Waals surface area contributed by atoms with Gasteiger partial charge in [-0.1, -0.05) is 25.5 Å². The summed E-state index contributed by atoms with van der Waals surface area (Å²) in [6.07, 6.45) is 6.00. The van der Waals surface area contributed by atoms with Crippen LogP contribution in [-0.2, 0) is 6.54 Å². The van der Waals surface area contributed by atoms with Gasteiger partial charge in [0, 0.05) is 5.69 Å². The van der Waals surface area contributed by atoms with Crippen molar-refractivity contribution < 1.29 is 9.21 Å². The number of amides is 1. The molecule has 0 bridgehead atoms. The highest BCUT2D eigenvalue weighted by molar-refractivity contribution is 6.02. The maximum atomic E-state index is 13.2. The predicted molar refractivity (Wildman–Crippen MR) is 89.0 cm³/mol. The van der Waals surface area contributed by atoms with Crippen molar-refractivity contribution in [1.82, 2.24) is 4.90 Å². The third-order valence-electron chi connectivity index (χ3n) is 5.15. The van der Waals surface area contributed by atoms with Gasteiger partial charge in [0.1, 0.15) is 11.4 Å². The minimum absolute atomic E-state index is 0.102. The smallest absolute Gasteiger partial charge is 0.258 e. The molecule has 0 radical (unpaired) electrons. The van der Waals surface area contributed by atoms with E-state index in [0.29, 0.717) is 12.5 Å². The third-order valence-corrected chi connectivity index (χ3v) is 5.15. The lowest BCUT2D eigenvalue weighted by atomic mass is 9.79. The molecule has 4 nitrogen and oxygen atoms in total. The van der Waals surface area contributed by atoms with Crippen molar-refractivity contribution in [3.63, 3.8) is 0 Å². The third kappa shape index (κ3) is 2.42. The molecule has 4 rings (SSSR count). The van der Waals surface area contributed by atoms with Crippen LogP contribution in [-0.4, -0.2) is 16.5 Å². The number of carbonyl (C=O) groups excluding carboxylic acids is 1. The predicted octanol–water partition coefficient (Wildman–Crippen LogP) is 4.25. The van der Waals surface area contributed by atoms with Gasteiger partial charge in [0.25, 0.3) is 5.91 Å². The van der Waals surface area contributed by atoms with Gasteiger partial charge in [-0.2, -0.15) is 0 Å². The summed E-state index contributed by atoms with van der Waals surface area (Å²) in [5, 5.41) is 3.70. The number of hydrogen-bond donors (Lipinski definition) is 1. The minimum Gasteiger partial charge on any atom is -0.467 e. The van der Waals surface area contributed by atoms with Crippen LogP contribution < -0.4 is 5.32 Å². The fourth-order valence-electron chi connectivity index (χ4n) is 4.10. The number of rotatable bonds is 2. The first kappa shape index (κ1) is 14.4. The molecule has 1 aliphatic heterocycles. The highest BCUT2D eigenvalue weighted by atomic mass is 16.3. The van der Waals surface area contributed by atoms with Crippen LogP contribution in [0.5, 0.6) is 0 Å². The van der Waals surface area contributed by atoms with Crippen LogP contribution in [0.1, 0.15) is 48.7 Å². The Labute approximate surface area is 136 Å². The molecule has 1 N–H and O–H groups in total. The zero-order valence-electron chi connectivity index (χ0n) is 13.4. The van der Waals surface area contributed by atoms with E-state index in [2.05, 4.69) is 12.2 Å². The lowest BCUT2D eigenvalue weighted by molar-refractivity contribution is 0.0268. The van der Waals surface area contributed by atoms with Gasteiger partial charge in [-0.3, -0.25) is 4.79 Å². The Morgan fingerprint density at radius 2 is 2.17 bits per heavy atom.